The van der Waals surface area contributed by atoms with Crippen molar-refractivity contribution in [3.8, 4) is 6.07 Å². The number of hydrogen-bond donors (Lipinski definition) is 2. The van der Waals surface area contributed by atoms with Crippen molar-refractivity contribution in [3.63, 3.8) is 0 Å². The Labute approximate surface area is 122 Å². The molecule has 108 valence electrons. The number of nitriles is 1. The summed E-state index contributed by atoms with van der Waals surface area (Å²) in [6.45, 7) is 0.985. The summed E-state index contributed by atoms with van der Waals surface area (Å²) >= 11 is 0. The fourth-order valence-corrected chi connectivity index (χ4v) is 2.06. The summed E-state index contributed by atoms with van der Waals surface area (Å²) < 4.78 is 4.90. The van der Waals surface area contributed by atoms with Crippen molar-refractivity contribution < 1.29 is 9.53 Å². The van der Waals surface area contributed by atoms with Crippen LogP contribution in [0, 0.1) is 11.3 Å². The Kier molecular flexibility index (Phi) is 4.69. The molecule has 0 aromatic heterocycles. The molecule has 0 spiro atoms. The van der Waals surface area contributed by atoms with Crippen LogP contribution in [-0.4, -0.2) is 32.0 Å². The van der Waals surface area contributed by atoms with Gasteiger partial charge < -0.3 is 15.8 Å². The van der Waals surface area contributed by atoms with Gasteiger partial charge in [-0.15, -0.1) is 0 Å². The zero-order valence-corrected chi connectivity index (χ0v) is 11.7. The van der Waals surface area contributed by atoms with E-state index in [0.717, 1.165) is 5.56 Å². The molecule has 0 fully saturated rings. The molecule has 1 aliphatic rings. The average molecular weight is 284 g/mol. The van der Waals surface area contributed by atoms with E-state index in [1.54, 1.807) is 13.2 Å². The molecule has 1 aromatic carbocycles. The molecule has 2 rings (SSSR count). The van der Waals surface area contributed by atoms with E-state index in [1.807, 2.05) is 24.3 Å². The molecule has 1 amide bonds. The maximum absolute atomic E-state index is 12.1. The summed E-state index contributed by atoms with van der Waals surface area (Å²) in [5.41, 5.74) is 7.58. The summed E-state index contributed by atoms with van der Waals surface area (Å²) in [6, 6.07) is 9.18. The van der Waals surface area contributed by atoms with Crippen molar-refractivity contribution in [3.05, 3.63) is 41.0 Å². The molecule has 0 saturated carbocycles. The Morgan fingerprint density at radius 1 is 1.43 bits per heavy atom. The number of nitrogens with two attached hydrogens (primary N) is 1. The third-order valence-electron chi connectivity index (χ3n) is 3.08. The molecule has 0 aliphatic carbocycles. The van der Waals surface area contributed by atoms with Gasteiger partial charge in [-0.05, 0) is 6.42 Å². The van der Waals surface area contributed by atoms with Gasteiger partial charge in [0.15, 0.2) is 0 Å². The lowest BCUT2D eigenvalue weighted by molar-refractivity contribution is -0.117. The van der Waals surface area contributed by atoms with E-state index in [2.05, 4.69) is 10.3 Å². The van der Waals surface area contributed by atoms with Gasteiger partial charge in [-0.1, -0.05) is 24.3 Å². The van der Waals surface area contributed by atoms with Crippen LogP contribution in [0.25, 0.3) is 5.70 Å². The second-order valence-corrected chi connectivity index (χ2v) is 4.48. The fraction of sp³-hybridized carbons (Fsp3) is 0.267. The van der Waals surface area contributed by atoms with Crippen LogP contribution in [0.3, 0.4) is 0 Å². The second-order valence-electron chi connectivity index (χ2n) is 4.48. The predicted molar refractivity (Wildman–Crippen MR) is 79.2 cm³/mol. The molecule has 0 saturated heterocycles. The number of nitrogens with one attached hydrogen (secondary N) is 1. The van der Waals surface area contributed by atoms with Gasteiger partial charge in [0.05, 0.1) is 5.70 Å². The first-order valence-electron chi connectivity index (χ1n) is 6.54. The first-order chi connectivity index (χ1) is 10.2. The standard InChI is InChI=1S/C15H16N4O2/c1-21-8-4-7-18-15(20)12(9-16)13-10-5-2-3-6-11(10)14(17)19-13/h2-3,5-6H,4,7-8H2,1H3,(H2,17,19)(H,18,20). The molecule has 0 atom stereocenters. The predicted octanol–water partition coefficient (Wildman–Crippen LogP) is 0.793. The SMILES string of the molecule is COCCCNC(=O)C(C#N)=C1N=C(N)c2ccccc21. The monoisotopic (exact) mass is 284 g/mol. The van der Waals surface area contributed by atoms with Crippen molar-refractivity contribution in [1.29, 1.82) is 5.26 Å². The highest BCUT2D eigenvalue weighted by Crippen LogP contribution is 2.29. The average Bonchev–Trinajstić information content (AvgIpc) is 2.82. The Morgan fingerprint density at radius 2 is 2.14 bits per heavy atom. The number of benzene rings is 1. The molecule has 0 bridgehead atoms. The lowest BCUT2D eigenvalue weighted by Gasteiger charge is -2.05. The minimum atomic E-state index is -0.447. The molecule has 6 heteroatoms. The Bertz CT molecular complexity index is 656. The second kappa shape index (κ2) is 6.68. The third-order valence-corrected chi connectivity index (χ3v) is 3.08. The van der Waals surface area contributed by atoms with Crippen LogP contribution in [0.2, 0.25) is 0 Å². The van der Waals surface area contributed by atoms with Crippen molar-refractivity contribution in [1.82, 2.24) is 5.32 Å². The van der Waals surface area contributed by atoms with E-state index in [0.29, 0.717) is 36.7 Å². The number of hydrogen-bond acceptors (Lipinski definition) is 5. The highest BCUT2D eigenvalue weighted by Gasteiger charge is 2.24. The van der Waals surface area contributed by atoms with Crippen molar-refractivity contribution in [2.75, 3.05) is 20.3 Å². The number of carbonyl (C=O) groups is 1. The number of fused-ring (bicyclic) bond motifs is 1. The lowest BCUT2D eigenvalue weighted by atomic mass is 10.0. The van der Waals surface area contributed by atoms with Gasteiger partial charge >= 0.3 is 0 Å². The zero-order valence-electron chi connectivity index (χ0n) is 11.7. The number of methoxy groups -OCH3 is 1. The molecule has 1 aromatic rings. The topological polar surface area (TPSA) is 100 Å². The number of amidine groups is 1. The number of ether oxygens (including phenoxy) is 1. The summed E-state index contributed by atoms with van der Waals surface area (Å²) in [7, 11) is 1.59. The molecular weight excluding hydrogens is 268 g/mol. The summed E-state index contributed by atoms with van der Waals surface area (Å²) in [6.07, 6.45) is 0.679. The van der Waals surface area contributed by atoms with Crippen molar-refractivity contribution >= 4 is 17.4 Å². The summed E-state index contributed by atoms with van der Waals surface area (Å²) in [5.74, 6) is -0.127. The van der Waals surface area contributed by atoms with Crippen molar-refractivity contribution in [2.24, 2.45) is 10.7 Å². The molecule has 6 nitrogen and oxygen atoms in total. The molecule has 21 heavy (non-hydrogen) atoms. The van der Waals surface area contributed by atoms with Crippen LogP contribution >= 0.6 is 0 Å². The number of amides is 1. The number of rotatable bonds is 5. The Morgan fingerprint density at radius 3 is 2.81 bits per heavy atom. The van der Waals surface area contributed by atoms with Crippen LogP contribution in [0.4, 0.5) is 0 Å². The Hall–Kier alpha value is -2.65. The molecule has 3 N–H and O–H groups in total. The Balaban J connectivity index is 2.25. The van der Waals surface area contributed by atoms with E-state index in [1.165, 1.54) is 0 Å². The van der Waals surface area contributed by atoms with Gasteiger partial charge in [-0.2, -0.15) is 5.26 Å². The van der Waals surface area contributed by atoms with Gasteiger partial charge in [-0.25, -0.2) is 4.99 Å². The van der Waals surface area contributed by atoms with Gasteiger partial charge in [-0.3, -0.25) is 4.79 Å². The number of carbonyl (C=O) groups excluding carboxylic acids is 1. The third kappa shape index (κ3) is 3.09. The molecular formula is C15H16N4O2. The summed E-state index contributed by atoms with van der Waals surface area (Å²) in [5, 5.41) is 11.9. The quantitative estimate of drug-likeness (QED) is 0.474. The van der Waals surface area contributed by atoms with Gasteiger partial charge in [0.25, 0.3) is 5.91 Å². The van der Waals surface area contributed by atoms with Gasteiger partial charge in [0, 0.05) is 31.4 Å². The molecule has 1 aliphatic heterocycles. The normalized spacial score (nSPS) is 15.0. The van der Waals surface area contributed by atoms with Crippen LogP contribution < -0.4 is 11.1 Å². The van der Waals surface area contributed by atoms with E-state index >= 15 is 0 Å². The number of aliphatic imine (C=N–C) groups is 1. The minimum absolute atomic E-state index is 0.0275. The maximum Gasteiger partial charge on any atom is 0.264 e. The minimum Gasteiger partial charge on any atom is -0.385 e. The van der Waals surface area contributed by atoms with Crippen molar-refractivity contribution in [2.45, 2.75) is 6.42 Å². The van der Waals surface area contributed by atoms with Crippen LogP contribution in [0.5, 0.6) is 0 Å². The first-order valence-corrected chi connectivity index (χ1v) is 6.54. The highest BCUT2D eigenvalue weighted by atomic mass is 16.5. The van der Waals surface area contributed by atoms with Gasteiger partial charge in [0.2, 0.25) is 0 Å². The highest BCUT2D eigenvalue weighted by molar-refractivity contribution is 6.14. The van der Waals surface area contributed by atoms with E-state index < -0.39 is 5.91 Å². The van der Waals surface area contributed by atoms with Gasteiger partial charge in [0.1, 0.15) is 17.5 Å². The van der Waals surface area contributed by atoms with E-state index in [-0.39, 0.29) is 5.57 Å². The van der Waals surface area contributed by atoms with Crippen LogP contribution in [0.15, 0.2) is 34.8 Å². The largest absolute Gasteiger partial charge is 0.385 e. The zero-order chi connectivity index (χ0) is 15.2. The molecule has 0 radical (unpaired) electrons. The number of nitrogens with zero attached hydrogens (tertiary/aromatic N) is 2. The van der Waals surface area contributed by atoms with Crippen LogP contribution in [0.1, 0.15) is 17.5 Å². The smallest absolute Gasteiger partial charge is 0.264 e. The maximum atomic E-state index is 12.1. The van der Waals surface area contributed by atoms with E-state index in [9.17, 15) is 10.1 Å². The summed E-state index contributed by atoms with van der Waals surface area (Å²) in [4.78, 5) is 16.3. The first kappa shape index (κ1) is 14.8. The van der Waals surface area contributed by atoms with E-state index in [4.69, 9.17) is 10.5 Å². The lowest BCUT2D eigenvalue weighted by Crippen LogP contribution is -2.26. The molecule has 1 heterocycles. The van der Waals surface area contributed by atoms with Crippen LogP contribution in [-0.2, 0) is 9.53 Å². The fourth-order valence-electron chi connectivity index (χ4n) is 2.06. The molecule has 0 unspecified atom stereocenters.